The van der Waals surface area contributed by atoms with Crippen LogP contribution in [0.15, 0.2) is 30.3 Å². The Kier molecular flexibility index (Phi) is 4.85. The van der Waals surface area contributed by atoms with Gasteiger partial charge in [-0.1, -0.05) is 6.07 Å². The number of thioether (sulfide) groups is 1. The maximum Gasteiger partial charge on any atom is 0.157 e. The Hall–Kier alpha value is -2.29. The van der Waals surface area contributed by atoms with E-state index in [9.17, 15) is 25.5 Å². The topological polar surface area (TPSA) is 131 Å². The lowest BCUT2D eigenvalue weighted by atomic mass is 9.93. The van der Waals surface area contributed by atoms with Gasteiger partial charge in [-0.15, -0.1) is 11.8 Å². The lowest BCUT2D eigenvalue weighted by Crippen LogP contribution is -2.33. The van der Waals surface area contributed by atoms with Gasteiger partial charge in [-0.3, -0.25) is 0 Å². The summed E-state index contributed by atoms with van der Waals surface area (Å²) in [6.07, 6.45) is -1.99. The number of rotatable bonds is 4. The molecule has 0 aliphatic carbocycles. The molecule has 3 atom stereocenters. The first-order valence-electron chi connectivity index (χ1n) is 7.57. The number of phenols is 4. The first-order valence-corrected chi connectivity index (χ1v) is 8.62. The van der Waals surface area contributed by atoms with E-state index >= 15 is 0 Å². The minimum Gasteiger partial charge on any atom is -0.508 e. The van der Waals surface area contributed by atoms with Gasteiger partial charge in [0.25, 0.3) is 0 Å². The number of benzene rings is 2. The van der Waals surface area contributed by atoms with Crippen LogP contribution in [0, 0.1) is 0 Å². The van der Waals surface area contributed by atoms with Crippen molar-refractivity contribution in [2.45, 2.75) is 17.5 Å². The molecule has 0 spiro atoms. The van der Waals surface area contributed by atoms with Crippen molar-refractivity contribution in [1.29, 1.82) is 0 Å². The van der Waals surface area contributed by atoms with E-state index in [0.717, 1.165) is 6.07 Å². The standard InChI is InChI=1S/C17H18O7S/c18-3-4-25-17-14-12(22)6-9(19)7-13(14)24-16(15(17)23)8-1-2-10(20)11(21)5-8/h1-2,5-7,15-23H,3-4H2/t15-,16+,17?/m0/s1. The highest BCUT2D eigenvalue weighted by Crippen LogP contribution is 2.52. The van der Waals surface area contributed by atoms with Gasteiger partial charge in [0.2, 0.25) is 0 Å². The van der Waals surface area contributed by atoms with Crippen molar-refractivity contribution < 1.29 is 35.4 Å². The molecule has 1 aliphatic heterocycles. The normalized spacial score (nSPS) is 22.2. The maximum absolute atomic E-state index is 10.8. The Morgan fingerprint density at radius 2 is 1.72 bits per heavy atom. The second-order valence-electron chi connectivity index (χ2n) is 5.67. The van der Waals surface area contributed by atoms with E-state index in [1.165, 1.54) is 36.0 Å². The fraction of sp³-hybridized carbons (Fsp3) is 0.294. The zero-order chi connectivity index (χ0) is 18.1. The number of aliphatic hydroxyl groups is 2. The Morgan fingerprint density at radius 1 is 0.960 bits per heavy atom. The molecule has 0 radical (unpaired) electrons. The molecule has 8 heteroatoms. The molecule has 0 aromatic heterocycles. The predicted molar refractivity (Wildman–Crippen MR) is 91.2 cm³/mol. The molecule has 0 amide bonds. The number of hydrogen-bond donors (Lipinski definition) is 6. The van der Waals surface area contributed by atoms with E-state index in [1.54, 1.807) is 0 Å². The van der Waals surface area contributed by atoms with E-state index in [0.29, 0.717) is 16.9 Å². The van der Waals surface area contributed by atoms with Gasteiger partial charge in [-0.25, -0.2) is 0 Å². The van der Waals surface area contributed by atoms with Crippen molar-refractivity contribution in [2.24, 2.45) is 0 Å². The van der Waals surface area contributed by atoms with E-state index < -0.39 is 17.5 Å². The fourth-order valence-corrected chi connectivity index (χ4v) is 3.96. The molecular formula is C17H18O7S. The summed E-state index contributed by atoms with van der Waals surface area (Å²) in [5.74, 6) is -0.513. The Balaban J connectivity index is 2.06. The third kappa shape index (κ3) is 3.28. The molecule has 1 unspecified atom stereocenters. The lowest BCUT2D eigenvalue weighted by molar-refractivity contribution is 0.0174. The van der Waals surface area contributed by atoms with Gasteiger partial charge in [-0.05, 0) is 17.7 Å². The van der Waals surface area contributed by atoms with E-state index in [4.69, 9.17) is 9.84 Å². The average Bonchev–Trinajstić information content (AvgIpc) is 2.56. The Bertz CT molecular complexity index is 780. The van der Waals surface area contributed by atoms with Crippen LogP contribution in [-0.2, 0) is 0 Å². The van der Waals surface area contributed by atoms with Gasteiger partial charge in [-0.2, -0.15) is 0 Å². The summed E-state index contributed by atoms with van der Waals surface area (Å²) < 4.78 is 5.76. The van der Waals surface area contributed by atoms with Crippen molar-refractivity contribution in [3.8, 4) is 28.7 Å². The predicted octanol–water partition coefficient (Wildman–Crippen LogP) is 1.77. The summed E-state index contributed by atoms with van der Waals surface area (Å²) in [5.41, 5.74) is 0.758. The summed E-state index contributed by atoms with van der Waals surface area (Å²) in [6, 6.07) is 6.57. The molecule has 0 bridgehead atoms. The first-order chi connectivity index (χ1) is 11.9. The number of hydrogen-bond acceptors (Lipinski definition) is 8. The average molecular weight is 366 g/mol. The van der Waals surface area contributed by atoms with Crippen molar-refractivity contribution in [3.05, 3.63) is 41.5 Å². The van der Waals surface area contributed by atoms with Crippen LogP contribution in [0.1, 0.15) is 22.5 Å². The lowest BCUT2D eigenvalue weighted by Gasteiger charge is -2.37. The van der Waals surface area contributed by atoms with Crippen LogP contribution in [0.4, 0.5) is 0 Å². The summed E-state index contributed by atoms with van der Waals surface area (Å²) in [5, 5.41) is 58.3. The van der Waals surface area contributed by atoms with E-state index in [-0.39, 0.29) is 35.4 Å². The number of ether oxygens (including phenoxy) is 1. The summed E-state index contributed by atoms with van der Waals surface area (Å²) in [6.45, 7) is -0.104. The molecule has 25 heavy (non-hydrogen) atoms. The van der Waals surface area contributed by atoms with Crippen LogP contribution in [0.3, 0.4) is 0 Å². The largest absolute Gasteiger partial charge is 0.508 e. The van der Waals surface area contributed by atoms with Crippen LogP contribution in [0.25, 0.3) is 0 Å². The monoisotopic (exact) mass is 366 g/mol. The third-order valence-corrected chi connectivity index (χ3v) is 5.27. The minimum atomic E-state index is -1.09. The number of aliphatic hydroxyl groups excluding tert-OH is 2. The molecule has 134 valence electrons. The summed E-state index contributed by atoms with van der Waals surface area (Å²) >= 11 is 1.24. The maximum atomic E-state index is 10.8. The van der Waals surface area contributed by atoms with Crippen LogP contribution < -0.4 is 4.74 Å². The van der Waals surface area contributed by atoms with Gasteiger partial charge in [0.05, 0.1) is 17.4 Å². The first kappa shape index (κ1) is 17.5. The van der Waals surface area contributed by atoms with Crippen LogP contribution in [0.5, 0.6) is 28.7 Å². The molecule has 0 saturated heterocycles. The number of phenolic OH excluding ortho intramolecular Hbond substituents is 4. The third-order valence-electron chi connectivity index (χ3n) is 3.98. The molecule has 6 N–H and O–H groups in total. The van der Waals surface area contributed by atoms with Gasteiger partial charge in [0, 0.05) is 17.9 Å². The van der Waals surface area contributed by atoms with E-state index in [1.807, 2.05) is 0 Å². The molecular weight excluding hydrogens is 348 g/mol. The van der Waals surface area contributed by atoms with Gasteiger partial charge >= 0.3 is 0 Å². The minimum absolute atomic E-state index is 0.104. The zero-order valence-electron chi connectivity index (χ0n) is 13.0. The Morgan fingerprint density at radius 3 is 2.40 bits per heavy atom. The molecule has 0 fully saturated rings. The van der Waals surface area contributed by atoms with Gasteiger partial charge < -0.3 is 35.4 Å². The van der Waals surface area contributed by atoms with Crippen LogP contribution in [0.2, 0.25) is 0 Å². The molecule has 1 heterocycles. The number of fused-ring (bicyclic) bond motifs is 1. The smallest absolute Gasteiger partial charge is 0.157 e. The Labute approximate surface area is 147 Å². The summed E-state index contributed by atoms with van der Waals surface area (Å²) in [4.78, 5) is 0. The van der Waals surface area contributed by atoms with Crippen molar-refractivity contribution in [2.75, 3.05) is 12.4 Å². The van der Waals surface area contributed by atoms with Gasteiger partial charge in [0.15, 0.2) is 17.6 Å². The molecule has 3 rings (SSSR count). The highest BCUT2D eigenvalue weighted by atomic mass is 32.2. The van der Waals surface area contributed by atoms with Gasteiger partial charge in [0.1, 0.15) is 23.4 Å². The van der Waals surface area contributed by atoms with E-state index in [2.05, 4.69) is 0 Å². The number of aromatic hydroxyl groups is 4. The fourth-order valence-electron chi connectivity index (χ4n) is 2.86. The second kappa shape index (κ2) is 6.91. The van der Waals surface area contributed by atoms with Crippen LogP contribution in [-0.4, -0.2) is 49.1 Å². The molecule has 2 aromatic rings. The van der Waals surface area contributed by atoms with Crippen molar-refractivity contribution in [1.82, 2.24) is 0 Å². The van der Waals surface area contributed by atoms with Crippen LogP contribution >= 0.6 is 11.8 Å². The van der Waals surface area contributed by atoms with Crippen molar-refractivity contribution in [3.63, 3.8) is 0 Å². The zero-order valence-corrected chi connectivity index (χ0v) is 13.8. The second-order valence-corrected chi connectivity index (χ2v) is 6.92. The molecule has 7 nitrogen and oxygen atoms in total. The molecule has 2 aromatic carbocycles. The molecule has 0 saturated carbocycles. The summed E-state index contributed by atoms with van der Waals surface area (Å²) in [7, 11) is 0. The molecule has 1 aliphatic rings. The quantitative estimate of drug-likeness (QED) is 0.452. The SMILES string of the molecule is OCCSC1c2c(O)cc(O)cc2O[C@H](c2ccc(O)c(O)c2)[C@@H]1O. The highest BCUT2D eigenvalue weighted by Gasteiger charge is 2.40. The van der Waals surface area contributed by atoms with Crippen molar-refractivity contribution >= 4 is 11.8 Å². The highest BCUT2D eigenvalue weighted by molar-refractivity contribution is 7.99.